The molecule has 106 valence electrons. The minimum absolute atomic E-state index is 0.0789. The van der Waals surface area contributed by atoms with Crippen molar-refractivity contribution >= 4 is 39.0 Å². The van der Waals surface area contributed by atoms with E-state index >= 15 is 0 Å². The van der Waals surface area contributed by atoms with E-state index in [2.05, 4.69) is 9.71 Å². The van der Waals surface area contributed by atoms with Gasteiger partial charge in [0.1, 0.15) is 5.82 Å². The van der Waals surface area contributed by atoms with E-state index in [0.29, 0.717) is 10.6 Å². The number of anilines is 1. The van der Waals surface area contributed by atoms with Gasteiger partial charge in [-0.25, -0.2) is 13.4 Å². The first-order valence-corrected chi connectivity index (χ1v) is 7.95. The maximum absolute atomic E-state index is 12.3. The highest BCUT2D eigenvalue weighted by Gasteiger charge is 2.19. The van der Waals surface area contributed by atoms with E-state index < -0.39 is 10.0 Å². The predicted octanol–water partition coefficient (Wildman–Crippen LogP) is 3.81. The highest BCUT2D eigenvalue weighted by atomic mass is 35.5. The molecule has 0 aliphatic heterocycles. The van der Waals surface area contributed by atoms with Crippen molar-refractivity contribution in [1.29, 1.82) is 0 Å². The predicted molar refractivity (Wildman–Crippen MR) is 81.0 cm³/mol. The van der Waals surface area contributed by atoms with Gasteiger partial charge in [-0.2, -0.15) is 0 Å². The summed E-state index contributed by atoms with van der Waals surface area (Å²) in [6, 6.07) is 7.93. The number of hydrogen-bond acceptors (Lipinski definition) is 3. The monoisotopic (exact) mass is 330 g/mol. The number of hydrogen-bond donors (Lipinski definition) is 1. The Balaban J connectivity index is 2.43. The Morgan fingerprint density at radius 1 is 1.10 bits per heavy atom. The topological polar surface area (TPSA) is 59.1 Å². The van der Waals surface area contributed by atoms with Crippen LogP contribution in [-0.4, -0.2) is 13.4 Å². The molecule has 0 aliphatic rings. The summed E-state index contributed by atoms with van der Waals surface area (Å²) >= 11 is 11.7. The molecule has 0 fully saturated rings. The van der Waals surface area contributed by atoms with Crippen molar-refractivity contribution in [2.45, 2.75) is 18.7 Å². The fourth-order valence-electron chi connectivity index (χ4n) is 1.71. The quantitative estimate of drug-likeness (QED) is 0.930. The van der Waals surface area contributed by atoms with Crippen LogP contribution in [0.3, 0.4) is 0 Å². The third-order valence-corrected chi connectivity index (χ3v) is 4.85. The molecule has 0 saturated heterocycles. The molecule has 1 aromatic heterocycles. The summed E-state index contributed by atoms with van der Waals surface area (Å²) in [7, 11) is -3.76. The molecule has 0 bridgehead atoms. The molecule has 2 rings (SSSR count). The van der Waals surface area contributed by atoms with Gasteiger partial charge < -0.3 is 0 Å². The Kier molecular flexibility index (Phi) is 4.22. The van der Waals surface area contributed by atoms with Gasteiger partial charge in [0.25, 0.3) is 10.0 Å². The summed E-state index contributed by atoms with van der Waals surface area (Å²) in [5.74, 6) is 0.260. The summed E-state index contributed by atoms with van der Waals surface area (Å²) in [5.41, 5.74) is 1.23. The number of halogens is 2. The Morgan fingerprint density at radius 2 is 1.75 bits per heavy atom. The van der Waals surface area contributed by atoms with Gasteiger partial charge in [-0.3, -0.25) is 4.72 Å². The zero-order valence-corrected chi connectivity index (χ0v) is 13.1. The van der Waals surface area contributed by atoms with Crippen LogP contribution in [-0.2, 0) is 10.0 Å². The summed E-state index contributed by atoms with van der Waals surface area (Å²) < 4.78 is 27.1. The SMILES string of the molecule is Cc1cccc(NS(=O)(=O)c2cc(Cl)c(Cl)cc2C)n1. The first-order valence-electron chi connectivity index (χ1n) is 5.72. The van der Waals surface area contributed by atoms with Crippen LogP contribution in [0.2, 0.25) is 10.0 Å². The zero-order chi connectivity index (χ0) is 14.9. The Bertz CT molecular complexity index is 761. The molecule has 0 atom stereocenters. The number of aromatic nitrogens is 1. The van der Waals surface area contributed by atoms with Crippen LogP contribution in [0.15, 0.2) is 35.2 Å². The van der Waals surface area contributed by atoms with Crippen molar-refractivity contribution in [3.63, 3.8) is 0 Å². The lowest BCUT2D eigenvalue weighted by molar-refractivity contribution is 0.600. The van der Waals surface area contributed by atoms with Crippen LogP contribution in [0.4, 0.5) is 5.82 Å². The number of benzene rings is 1. The van der Waals surface area contributed by atoms with Crippen LogP contribution in [0, 0.1) is 13.8 Å². The number of nitrogens with zero attached hydrogens (tertiary/aromatic N) is 1. The van der Waals surface area contributed by atoms with E-state index in [1.165, 1.54) is 12.1 Å². The molecule has 0 spiro atoms. The van der Waals surface area contributed by atoms with E-state index in [9.17, 15) is 8.42 Å². The number of sulfonamides is 1. The second-order valence-corrected chi connectivity index (χ2v) is 6.77. The molecule has 20 heavy (non-hydrogen) atoms. The molecule has 0 radical (unpaired) electrons. The number of pyridine rings is 1. The third-order valence-electron chi connectivity index (χ3n) is 2.63. The Morgan fingerprint density at radius 3 is 2.40 bits per heavy atom. The van der Waals surface area contributed by atoms with Crippen molar-refractivity contribution in [1.82, 2.24) is 4.98 Å². The normalized spacial score (nSPS) is 11.4. The third kappa shape index (κ3) is 3.23. The molecule has 1 aromatic carbocycles. The molecular weight excluding hydrogens is 319 g/mol. The van der Waals surface area contributed by atoms with E-state index in [-0.39, 0.29) is 15.7 Å². The summed E-state index contributed by atoms with van der Waals surface area (Å²) in [6.07, 6.45) is 0. The number of nitrogens with one attached hydrogen (secondary N) is 1. The first-order chi connectivity index (χ1) is 9.29. The lowest BCUT2D eigenvalue weighted by atomic mass is 10.2. The minimum atomic E-state index is -3.76. The van der Waals surface area contributed by atoms with Crippen LogP contribution >= 0.6 is 23.2 Å². The van der Waals surface area contributed by atoms with Crippen LogP contribution in [0.5, 0.6) is 0 Å². The average Bonchev–Trinajstić information content (AvgIpc) is 2.33. The van der Waals surface area contributed by atoms with Crippen molar-refractivity contribution in [3.8, 4) is 0 Å². The van der Waals surface area contributed by atoms with Crippen molar-refractivity contribution < 1.29 is 8.42 Å². The molecule has 0 amide bonds. The van der Waals surface area contributed by atoms with Gasteiger partial charge in [0, 0.05) is 5.69 Å². The summed E-state index contributed by atoms with van der Waals surface area (Å²) in [6.45, 7) is 3.43. The highest BCUT2D eigenvalue weighted by Crippen LogP contribution is 2.29. The van der Waals surface area contributed by atoms with Gasteiger partial charge in [-0.15, -0.1) is 0 Å². The molecule has 4 nitrogen and oxygen atoms in total. The Hall–Kier alpha value is -1.30. The van der Waals surface area contributed by atoms with Gasteiger partial charge in [-0.05, 0) is 43.7 Å². The van der Waals surface area contributed by atoms with E-state index in [4.69, 9.17) is 23.2 Å². The molecule has 2 aromatic rings. The molecule has 1 N–H and O–H groups in total. The van der Waals surface area contributed by atoms with E-state index in [0.717, 1.165) is 5.69 Å². The molecular formula is C13H12Cl2N2O2S. The molecule has 7 heteroatoms. The molecule has 0 unspecified atom stereocenters. The van der Waals surface area contributed by atoms with Gasteiger partial charge in [0.15, 0.2) is 0 Å². The van der Waals surface area contributed by atoms with E-state index in [1.54, 1.807) is 32.0 Å². The van der Waals surface area contributed by atoms with Gasteiger partial charge >= 0.3 is 0 Å². The molecule has 0 aliphatic carbocycles. The minimum Gasteiger partial charge on any atom is -0.263 e. The Labute approximate surface area is 127 Å². The number of aryl methyl sites for hydroxylation is 2. The zero-order valence-electron chi connectivity index (χ0n) is 10.8. The first kappa shape index (κ1) is 15.1. The lowest BCUT2D eigenvalue weighted by Crippen LogP contribution is -2.15. The molecule has 1 heterocycles. The van der Waals surface area contributed by atoms with Crippen LogP contribution in [0.1, 0.15) is 11.3 Å². The fraction of sp³-hybridized carbons (Fsp3) is 0.154. The van der Waals surface area contributed by atoms with Gasteiger partial charge in [0.2, 0.25) is 0 Å². The second kappa shape index (κ2) is 5.60. The van der Waals surface area contributed by atoms with Crippen molar-refractivity contribution in [2.75, 3.05) is 4.72 Å². The second-order valence-electron chi connectivity index (χ2n) is 4.30. The fourth-order valence-corrected chi connectivity index (χ4v) is 3.41. The standard InChI is InChI=1S/C13H12Cl2N2O2S/c1-8-6-10(14)11(15)7-12(8)20(18,19)17-13-5-3-4-9(2)16-13/h3-7H,1-2H3,(H,16,17). The van der Waals surface area contributed by atoms with Gasteiger partial charge in [0.05, 0.1) is 14.9 Å². The van der Waals surface area contributed by atoms with Crippen LogP contribution in [0.25, 0.3) is 0 Å². The molecule has 0 saturated carbocycles. The van der Waals surface area contributed by atoms with Crippen molar-refractivity contribution in [3.05, 3.63) is 51.6 Å². The van der Waals surface area contributed by atoms with Crippen molar-refractivity contribution in [2.24, 2.45) is 0 Å². The largest absolute Gasteiger partial charge is 0.263 e. The summed E-state index contributed by atoms with van der Waals surface area (Å²) in [5, 5.41) is 0.506. The number of rotatable bonds is 3. The van der Waals surface area contributed by atoms with Gasteiger partial charge in [-0.1, -0.05) is 29.3 Å². The lowest BCUT2D eigenvalue weighted by Gasteiger charge is -2.11. The average molecular weight is 331 g/mol. The summed E-state index contributed by atoms with van der Waals surface area (Å²) in [4.78, 5) is 4.18. The van der Waals surface area contributed by atoms with E-state index in [1.807, 2.05) is 0 Å². The maximum Gasteiger partial charge on any atom is 0.263 e. The highest BCUT2D eigenvalue weighted by molar-refractivity contribution is 7.92. The van der Waals surface area contributed by atoms with Crippen LogP contribution < -0.4 is 4.72 Å². The smallest absolute Gasteiger partial charge is 0.263 e. The maximum atomic E-state index is 12.3.